The second kappa shape index (κ2) is 4.58. The van der Waals surface area contributed by atoms with Crippen molar-refractivity contribution >= 4 is 29.3 Å². The van der Waals surface area contributed by atoms with Gasteiger partial charge in [0.1, 0.15) is 0 Å². The van der Waals surface area contributed by atoms with Crippen molar-refractivity contribution in [2.24, 2.45) is 0 Å². The average molecular weight is 204 g/mol. The van der Waals surface area contributed by atoms with Crippen molar-refractivity contribution in [3.63, 3.8) is 0 Å². The van der Waals surface area contributed by atoms with Crippen LogP contribution >= 0.6 is 23.4 Å². The van der Waals surface area contributed by atoms with Gasteiger partial charge < -0.3 is 5.32 Å². The Bertz CT molecular complexity index is 227. The molecule has 0 saturated heterocycles. The maximum absolute atomic E-state index is 11.2. The summed E-state index contributed by atoms with van der Waals surface area (Å²) in [7, 11) is 0. The zero-order valence-corrected chi connectivity index (χ0v) is 8.12. The first kappa shape index (κ1) is 9.68. The molecule has 0 saturated carbocycles. The van der Waals surface area contributed by atoms with Crippen molar-refractivity contribution in [2.75, 3.05) is 6.54 Å². The topological polar surface area (TPSA) is 29.1 Å². The summed E-state index contributed by atoms with van der Waals surface area (Å²) < 4.78 is 0.0227. The highest BCUT2D eigenvalue weighted by Crippen LogP contribution is 2.34. The Kier molecular flexibility index (Phi) is 3.69. The van der Waals surface area contributed by atoms with Gasteiger partial charge in [-0.05, 0) is 6.42 Å². The molecule has 1 rings (SSSR count). The molecule has 0 aliphatic carbocycles. The van der Waals surface area contributed by atoms with Gasteiger partial charge in [-0.15, -0.1) is 29.9 Å². The SMILES string of the molecule is C=CCNC(=O)C1=CCC(Cl)S1. The predicted molar refractivity (Wildman–Crippen MR) is 53.1 cm³/mol. The van der Waals surface area contributed by atoms with Crippen molar-refractivity contribution in [1.82, 2.24) is 5.32 Å². The fourth-order valence-electron chi connectivity index (χ4n) is 0.832. The number of carbonyl (C=O) groups is 1. The van der Waals surface area contributed by atoms with Crippen LogP contribution in [0.5, 0.6) is 0 Å². The van der Waals surface area contributed by atoms with E-state index in [1.807, 2.05) is 6.08 Å². The minimum atomic E-state index is -0.0527. The van der Waals surface area contributed by atoms with Crippen molar-refractivity contribution in [3.8, 4) is 0 Å². The lowest BCUT2D eigenvalue weighted by molar-refractivity contribution is -0.116. The highest BCUT2D eigenvalue weighted by molar-refractivity contribution is 8.05. The Labute approximate surface area is 81.0 Å². The molecule has 0 aromatic heterocycles. The smallest absolute Gasteiger partial charge is 0.257 e. The van der Waals surface area contributed by atoms with E-state index in [-0.39, 0.29) is 10.6 Å². The summed E-state index contributed by atoms with van der Waals surface area (Å²) in [6, 6.07) is 0. The number of thioether (sulfide) groups is 1. The van der Waals surface area contributed by atoms with Gasteiger partial charge in [-0.1, -0.05) is 12.2 Å². The third-order valence-electron chi connectivity index (χ3n) is 1.37. The number of rotatable bonds is 3. The first-order chi connectivity index (χ1) is 5.74. The Morgan fingerprint density at radius 3 is 3.25 bits per heavy atom. The molecule has 0 aromatic carbocycles. The molecule has 0 fully saturated rings. The molecule has 2 nitrogen and oxygen atoms in total. The van der Waals surface area contributed by atoms with E-state index in [9.17, 15) is 4.79 Å². The summed E-state index contributed by atoms with van der Waals surface area (Å²) in [5.74, 6) is -0.0527. The van der Waals surface area contributed by atoms with E-state index in [0.29, 0.717) is 6.54 Å². The minimum Gasteiger partial charge on any atom is -0.348 e. The lowest BCUT2D eigenvalue weighted by atomic mass is 10.4. The van der Waals surface area contributed by atoms with Crippen LogP contribution in [0.25, 0.3) is 0 Å². The van der Waals surface area contributed by atoms with Crippen molar-refractivity contribution in [3.05, 3.63) is 23.6 Å². The Balaban J connectivity index is 2.38. The monoisotopic (exact) mass is 203 g/mol. The van der Waals surface area contributed by atoms with Crippen LogP contribution in [0.15, 0.2) is 23.6 Å². The zero-order chi connectivity index (χ0) is 8.97. The molecule has 1 heterocycles. The maximum Gasteiger partial charge on any atom is 0.257 e. The highest BCUT2D eigenvalue weighted by atomic mass is 35.5. The van der Waals surface area contributed by atoms with Crippen LogP contribution in [0, 0.1) is 0 Å². The second-order valence-corrected chi connectivity index (χ2v) is 4.36. The number of carbonyl (C=O) groups excluding carboxylic acids is 1. The van der Waals surface area contributed by atoms with Crippen molar-refractivity contribution in [1.29, 1.82) is 0 Å². The van der Waals surface area contributed by atoms with Gasteiger partial charge in [0.05, 0.1) is 9.61 Å². The van der Waals surface area contributed by atoms with Gasteiger partial charge in [-0.25, -0.2) is 0 Å². The van der Waals surface area contributed by atoms with Crippen LogP contribution in [0.4, 0.5) is 0 Å². The number of amides is 1. The molecule has 1 unspecified atom stereocenters. The zero-order valence-electron chi connectivity index (χ0n) is 6.55. The quantitative estimate of drug-likeness (QED) is 0.561. The van der Waals surface area contributed by atoms with Gasteiger partial charge >= 0.3 is 0 Å². The lowest BCUT2D eigenvalue weighted by Gasteiger charge is -2.02. The number of alkyl halides is 1. The van der Waals surface area contributed by atoms with Crippen LogP contribution in [-0.4, -0.2) is 17.2 Å². The number of allylic oxidation sites excluding steroid dienone is 1. The molecule has 0 radical (unpaired) electrons. The minimum absolute atomic E-state index is 0.0227. The Hall–Kier alpha value is -0.410. The number of nitrogens with one attached hydrogen (secondary N) is 1. The normalized spacial score (nSPS) is 21.8. The fourth-order valence-corrected chi connectivity index (χ4v) is 2.05. The summed E-state index contributed by atoms with van der Waals surface area (Å²) in [5, 5.41) is 2.69. The van der Waals surface area contributed by atoms with E-state index < -0.39 is 0 Å². The molecule has 1 aliphatic heterocycles. The van der Waals surface area contributed by atoms with Gasteiger partial charge in [0, 0.05) is 6.54 Å². The molecule has 1 aliphatic rings. The van der Waals surface area contributed by atoms with Crippen LogP contribution in [0.1, 0.15) is 6.42 Å². The van der Waals surface area contributed by atoms with Crippen LogP contribution < -0.4 is 5.32 Å². The van der Waals surface area contributed by atoms with Crippen LogP contribution in [-0.2, 0) is 4.79 Å². The number of halogens is 1. The summed E-state index contributed by atoms with van der Waals surface area (Å²) in [6.45, 7) is 4.01. The standard InChI is InChI=1S/C8H10ClNOS/c1-2-5-10-8(11)6-3-4-7(9)12-6/h2-3,7H,1,4-5H2,(H,10,11). The Morgan fingerprint density at radius 2 is 2.75 bits per heavy atom. The molecule has 12 heavy (non-hydrogen) atoms. The lowest BCUT2D eigenvalue weighted by Crippen LogP contribution is -2.23. The summed E-state index contributed by atoms with van der Waals surface area (Å²) in [6.07, 6.45) is 4.28. The van der Waals surface area contributed by atoms with Crippen LogP contribution in [0.2, 0.25) is 0 Å². The molecule has 1 atom stereocenters. The second-order valence-electron chi connectivity index (χ2n) is 2.33. The van der Waals surface area contributed by atoms with Crippen molar-refractivity contribution in [2.45, 2.75) is 11.1 Å². The molecule has 0 aromatic rings. The van der Waals surface area contributed by atoms with Crippen molar-refractivity contribution < 1.29 is 4.79 Å². The third-order valence-corrected chi connectivity index (χ3v) is 2.87. The molecule has 66 valence electrons. The highest BCUT2D eigenvalue weighted by Gasteiger charge is 2.19. The first-order valence-corrected chi connectivity index (χ1v) is 4.95. The summed E-state index contributed by atoms with van der Waals surface area (Å²) in [4.78, 5) is 12.0. The maximum atomic E-state index is 11.2. The summed E-state index contributed by atoms with van der Waals surface area (Å²) in [5.41, 5.74) is 0. The van der Waals surface area contributed by atoms with E-state index in [1.54, 1.807) is 6.08 Å². The predicted octanol–water partition coefficient (Wildman–Crippen LogP) is 1.87. The number of hydrogen-bond acceptors (Lipinski definition) is 2. The van der Waals surface area contributed by atoms with E-state index in [2.05, 4.69) is 11.9 Å². The van der Waals surface area contributed by atoms with Gasteiger partial charge in [0.2, 0.25) is 0 Å². The molecule has 1 amide bonds. The van der Waals surface area contributed by atoms with Gasteiger partial charge in [0.25, 0.3) is 5.91 Å². The Morgan fingerprint density at radius 1 is 2.00 bits per heavy atom. The van der Waals surface area contributed by atoms with Gasteiger partial charge in [-0.3, -0.25) is 4.79 Å². The molecule has 4 heteroatoms. The molecular formula is C8H10ClNOS. The molecule has 0 bridgehead atoms. The fraction of sp³-hybridized carbons (Fsp3) is 0.375. The van der Waals surface area contributed by atoms with Crippen LogP contribution in [0.3, 0.4) is 0 Å². The largest absolute Gasteiger partial charge is 0.348 e. The third kappa shape index (κ3) is 2.57. The molecule has 0 spiro atoms. The van der Waals surface area contributed by atoms with Gasteiger partial charge in [-0.2, -0.15) is 0 Å². The first-order valence-electron chi connectivity index (χ1n) is 3.64. The van der Waals surface area contributed by atoms with E-state index in [1.165, 1.54) is 11.8 Å². The number of hydrogen-bond donors (Lipinski definition) is 1. The molecular weight excluding hydrogens is 194 g/mol. The van der Waals surface area contributed by atoms with Gasteiger partial charge in [0.15, 0.2) is 0 Å². The average Bonchev–Trinajstić information content (AvgIpc) is 2.47. The molecule has 1 N–H and O–H groups in total. The van der Waals surface area contributed by atoms with E-state index in [0.717, 1.165) is 11.3 Å². The summed E-state index contributed by atoms with van der Waals surface area (Å²) >= 11 is 7.20. The van der Waals surface area contributed by atoms with E-state index >= 15 is 0 Å². The van der Waals surface area contributed by atoms with E-state index in [4.69, 9.17) is 11.6 Å².